The van der Waals surface area contributed by atoms with Crippen LogP contribution >= 0.6 is 11.3 Å². The maximum Gasteiger partial charge on any atom is 0.244 e. The Morgan fingerprint density at radius 1 is 1.67 bits per heavy atom. The van der Waals surface area contributed by atoms with E-state index in [0.29, 0.717) is 5.69 Å². The van der Waals surface area contributed by atoms with Crippen LogP contribution in [-0.2, 0) is 11.3 Å². The van der Waals surface area contributed by atoms with Gasteiger partial charge >= 0.3 is 0 Å². The van der Waals surface area contributed by atoms with E-state index >= 15 is 0 Å². The number of likely N-dealkylation sites (N-methyl/N-ethyl adjacent to an activating group) is 1. The van der Waals surface area contributed by atoms with Crippen LogP contribution in [0.4, 0.5) is 5.69 Å². The maximum absolute atomic E-state index is 12.1. The van der Waals surface area contributed by atoms with Gasteiger partial charge in [0.25, 0.3) is 0 Å². The summed E-state index contributed by atoms with van der Waals surface area (Å²) in [5, 5.41) is 6.02. The SMILES string of the molecule is CC(c1cccs1)N(C)C(=O)Cn1cc(N)cn1. The van der Waals surface area contributed by atoms with Crippen molar-refractivity contribution in [2.24, 2.45) is 0 Å². The van der Waals surface area contributed by atoms with Crippen LogP contribution in [0, 0.1) is 0 Å². The quantitative estimate of drug-likeness (QED) is 0.915. The molecule has 2 aromatic rings. The van der Waals surface area contributed by atoms with Gasteiger partial charge in [0.1, 0.15) is 6.54 Å². The van der Waals surface area contributed by atoms with Crippen LogP contribution in [0.2, 0.25) is 0 Å². The predicted octanol–water partition coefficient (Wildman–Crippen LogP) is 1.75. The summed E-state index contributed by atoms with van der Waals surface area (Å²) in [5.41, 5.74) is 6.13. The summed E-state index contributed by atoms with van der Waals surface area (Å²) in [4.78, 5) is 15.0. The number of nitrogens with two attached hydrogens (primary N) is 1. The van der Waals surface area contributed by atoms with Gasteiger partial charge in [-0.15, -0.1) is 11.3 Å². The van der Waals surface area contributed by atoms with Gasteiger partial charge < -0.3 is 10.6 Å². The third kappa shape index (κ3) is 2.70. The molecule has 0 aliphatic carbocycles. The Morgan fingerprint density at radius 2 is 2.44 bits per heavy atom. The molecule has 1 unspecified atom stereocenters. The third-order valence-electron chi connectivity index (χ3n) is 2.88. The average molecular weight is 264 g/mol. The summed E-state index contributed by atoms with van der Waals surface area (Å²) in [7, 11) is 1.81. The first-order valence-electron chi connectivity index (χ1n) is 5.65. The minimum atomic E-state index is 0.0130. The van der Waals surface area contributed by atoms with Gasteiger partial charge in [0, 0.05) is 18.1 Å². The van der Waals surface area contributed by atoms with Crippen LogP contribution in [0.1, 0.15) is 17.8 Å². The van der Waals surface area contributed by atoms with E-state index < -0.39 is 0 Å². The largest absolute Gasteiger partial charge is 0.396 e. The van der Waals surface area contributed by atoms with E-state index in [4.69, 9.17) is 5.73 Å². The lowest BCUT2D eigenvalue weighted by atomic mass is 10.2. The Morgan fingerprint density at radius 3 is 3.00 bits per heavy atom. The van der Waals surface area contributed by atoms with E-state index in [2.05, 4.69) is 5.10 Å². The molecule has 18 heavy (non-hydrogen) atoms. The van der Waals surface area contributed by atoms with Crippen molar-refractivity contribution < 1.29 is 4.79 Å². The van der Waals surface area contributed by atoms with Crippen molar-refractivity contribution in [3.8, 4) is 0 Å². The summed E-state index contributed by atoms with van der Waals surface area (Å²) < 4.78 is 1.55. The summed E-state index contributed by atoms with van der Waals surface area (Å²) in [6.45, 7) is 2.23. The number of rotatable bonds is 4. The van der Waals surface area contributed by atoms with Crippen molar-refractivity contribution in [1.29, 1.82) is 0 Å². The Hall–Kier alpha value is -1.82. The molecule has 0 saturated heterocycles. The van der Waals surface area contributed by atoms with Gasteiger partial charge in [0.15, 0.2) is 0 Å². The molecule has 6 heteroatoms. The molecule has 1 amide bonds. The summed E-state index contributed by atoms with van der Waals surface area (Å²) >= 11 is 1.65. The summed E-state index contributed by atoms with van der Waals surface area (Å²) in [6, 6.07) is 4.10. The van der Waals surface area contributed by atoms with E-state index in [0.717, 1.165) is 0 Å². The fraction of sp³-hybridized carbons (Fsp3) is 0.333. The summed E-state index contributed by atoms with van der Waals surface area (Å²) in [6.07, 6.45) is 3.19. The van der Waals surface area contributed by atoms with Crippen LogP contribution < -0.4 is 5.73 Å². The first kappa shape index (κ1) is 12.6. The third-order valence-corrected chi connectivity index (χ3v) is 3.92. The first-order valence-corrected chi connectivity index (χ1v) is 6.53. The molecular formula is C12H16N4OS. The highest BCUT2D eigenvalue weighted by Crippen LogP contribution is 2.23. The average Bonchev–Trinajstić information content (AvgIpc) is 2.98. The van der Waals surface area contributed by atoms with Gasteiger partial charge in [-0.3, -0.25) is 9.48 Å². The smallest absolute Gasteiger partial charge is 0.244 e. The normalized spacial score (nSPS) is 12.3. The molecule has 5 nitrogen and oxygen atoms in total. The van der Waals surface area contributed by atoms with Crippen molar-refractivity contribution in [2.75, 3.05) is 12.8 Å². The molecule has 0 bridgehead atoms. The molecule has 96 valence electrons. The van der Waals surface area contributed by atoms with E-state index in [1.807, 2.05) is 24.4 Å². The number of amides is 1. The number of carbonyl (C=O) groups is 1. The molecule has 0 aromatic carbocycles. The molecule has 0 aliphatic heterocycles. The fourth-order valence-corrected chi connectivity index (χ4v) is 2.48. The predicted molar refractivity (Wildman–Crippen MR) is 72.1 cm³/mol. The molecule has 1 atom stereocenters. The lowest BCUT2D eigenvalue weighted by molar-refractivity contribution is -0.132. The number of hydrogen-bond donors (Lipinski definition) is 1. The number of nitrogen functional groups attached to an aromatic ring is 1. The zero-order chi connectivity index (χ0) is 13.1. The highest BCUT2D eigenvalue weighted by Gasteiger charge is 2.18. The second kappa shape index (κ2) is 5.22. The van der Waals surface area contributed by atoms with E-state index in [9.17, 15) is 4.79 Å². The monoisotopic (exact) mass is 264 g/mol. The van der Waals surface area contributed by atoms with Crippen LogP contribution in [-0.4, -0.2) is 27.6 Å². The van der Waals surface area contributed by atoms with Crippen molar-refractivity contribution in [3.63, 3.8) is 0 Å². The second-order valence-corrected chi connectivity index (χ2v) is 5.15. The zero-order valence-corrected chi connectivity index (χ0v) is 11.2. The van der Waals surface area contributed by atoms with Gasteiger partial charge in [-0.2, -0.15) is 5.10 Å². The number of aromatic nitrogens is 2. The minimum absolute atomic E-state index is 0.0130. The lowest BCUT2D eigenvalue weighted by Gasteiger charge is -2.24. The lowest BCUT2D eigenvalue weighted by Crippen LogP contribution is -2.32. The van der Waals surface area contributed by atoms with Crippen molar-refractivity contribution in [3.05, 3.63) is 34.8 Å². The van der Waals surface area contributed by atoms with Crippen molar-refractivity contribution >= 4 is 22.9 Å². The molecule has 0 radical (unpaired) electrons. The zero-order valence-electron chi connectivity index (χ0n) is 10.4. The van der Waals surface area contributed by atoms with Crippen molar-refractivity contribution in [2.45, 2.75) is 19.5 Å². The maximum atomic E-state index is 12.1. The highest BCUT2D eigenvalue weighted by atomic mass is 32.1. The van der Waals surface area contributed by atoms with Crippen LogP contribution in [0.5, 0.6) is 0 Å². The molecule has 0 aliphatic rings. The Balaban J connectivity index is 2.00. The van der Waals surface area contributed by atoms with Gasteiger partial charge in [0.2, 0.25) is 5.91 Å². The van der Waals surface area contributed by atoms with Gasteiger partial charge in [0.05, 0.1) is 17.9 Å². The molecule has 2 heterocycles. The van der Waals surface area contributed by atoms with Gasteiger partial charge in [-0.25, -0.2) is 0 Å². The molecule has 0 spiro atoms. The van der Waals surface area contributed by atoms with Gasteiger partial charge in [-0.1, -0.05) is 6.07 Å². The topological polar surface area (TPSA) is 64.2 Å². The molecule has 2 rings (SSSR count). The minimum Gasteiger partial charge on any atom is -0.396 e. The Labute approximate surface area is 110 Å². The van der Waals surface area contributed by atoms with E-state index in [-0.39, 0.29) is 18.5 Å². The van der Waals surface area contributed by atoms with Crippen LogP contribution in [0.15, 0.2) is 29.9 Å². The summed E-state index contributed by atoms with van der Waals surface area (Å²) in [5.74, 6) is 0.0130. The number of nitrogens with zero attached hydrogens (tertiary/aromatic N) is 3. The number of hydrogen-bond acceptors (Lipinski definition) is 4. The Kier molecular flexibility index (Phi) is 3.66. The van der Waals surface area contributed by atoms with Gasteiger partial charge in [-0.05, 0) is 18.4 Å². The molecular weight excluding hydrogens is 248 g/mol. The highest BCUT2D eigenvalue weighted by molar-refractivity contribution is 7.10. The van der Waals surface area contributed by atoms with E-state index in [1.54, 1.807) is 34.2 Å². The fourth-order valence-electron chi connectivity index (χ4n) is 1.65. The Bertz CT molecular complexity index is 520. The molecule has 0 saturated carbocycles. The number of anilines is 1. The van der Waals surface area contributed by atoms with Crippen LogP contribution in [0.25, 0.3) is 0 Å². The first-order chi connectivity index (χ1) is 8.58. The molecule has 0 fully saturated rings. The number of thiophene rings is 1. The van der Waals surface area contributed by atoms with Crippen molar-refractivity contribution in [1.82, 2.24) is 14.7 Å². The molecule has 2 aromatic heterocycles. The molecule has 2 N–H and O–H groups in total. The van der Waals surface area contributed by atoms with Crippen LogP contribution in [0.3, 0.4) is 0 Å². The number of carbonyl (C=O) groups excluding carboxylic acids is 1. The second-order valence-electron chi connectivity index (χ2n) is 4.17. The standard InChI is InChI=1S/C12H16N4OS/c1-9(11-4-3-5-18-11)15(2)12(17)8-16-7-10(13)6-14-16/h3-7,9H,8,13H2,1-2H3. The van der Waals surface area contributed by atoms with E-state index in [1.165, 1.54) is 11.1 Å².